The quantitative estimate of drug-likeness (QED) is 0.779. The fraction of sp³-hybridized carbons (Fsp3) is 1.00. The first-order chi connectivity index (χ1) is 11.4. The van der Waals surface area contributed by atoms with Gasteiger partial charge in [-0.3, -0.25) is 4.90 Å². The summed E-state index contributed by atoms with van der Waals surface area (Å²) in [5, 5.41) is 8.04. The molecular weight excluding hydrogens is 282 g/mol. The molecule has 0 aromatic rings. The number of rotatable bonds is 1. The maximum Gasteiger partial charge on any atom is 0.0179 e. The molecule has 0 aromatic carbocycles. The minimum atomic E-state index is 0.530. The van der Waals surface area contributed by atoms with Crippen molar-refractivity contribution in [2.24, 2.45) is 17.3 Å². The second-order valence-corrected chi connectivity index (χ2v) is 9.30. The molecule has 3 nitrogen and oxygen atoms in total. The summed E-state index contributed by atoms with van der Waals surface area (Å²) in [7, 11) is 0. The maximum absolute atomic E-state index is 4.04. The molecule has 6 atom stereocenters. The maximum atomic E-state index is 4.04. The Morgan fingerprint density at radius 3 is 2.65 bits per heavy atom. The highest BCUT2D eigenvalue weighted by Crippen LogP contribution is 2.55. The lowest BCUT2D eigenvalue weighted by molar-refractivity contribution is -0.117. The van der Waals surface area contributed by atoms with E-state index in [4.69, 9.17) is 0 Å². The highest BCUT2D eigenvalue weighted by atomic mass is 15.2. The number of hydrogen-bond donors (Lipinski definition) is 2. The zero-order valence-corrected chi connectivity index (χ0v) is 14.7. The predicted octanol–water partition coefficient (Wildman–Crippen LogP) is 2.76. The Hall–Kier alpha value is -0.120. The molecule has 4 saturated heterocycles. The van der Waals surface area contributed by atoms with Crippen LogP contribution in [0, 0.1) is 17.3 Å². The standard InChI is InChI=1S/C20H35N3/c1-3-9-21-18(8-1)20-13-16(12-15-6-5-10-22-19(15)20)17-7-2-4-11-23(17)14-20/h15-19,21-22H,1-14H2/t15-,16-,17-,18?,19-,20+/m1/s1. The molecule has 5 aliphatic rings. The van der Waals surface area contributed by atoms with Crippen LogP contribution in [0.3, 0.4) is 0 Å². The van der Waals surface area contributed by atoms with Gasteiger partial charge >= 0.3 is 0 Å². The summed E-state index contributed by atoms with van der Waals surface area (Å²) in [6.45, 7) is 5.30. The van der Waals surface area contributed by atoms with Crippen LogP contribution in [0.1, 0.15) is 64.2 Å². The minimum Gasteiger partial charge on any atom is -0.313 e. The van der Waals surface area contributed by atoms with Crippen LogP contribution < -0.4 is 10.6 Å². The molecule has 4 heterocycles. The molecule has 0 spiro atoms. The third kappa shape index (κ3) is 2.41. The van der Waals surface area contributed by atoms with Gasteiger partial charge < -0.3 is 10.6 Å². The lowest BCUT2D eigenvalue weighted by atomic mass is 9.52. The summed E-state index contributed by atoms with van der Waals surface area (Å²) in [5.74, 6) is 1.96. The third-order valence-corrected chi connectivity index (χ3v) is 8.16. The zero-order chi connectivity index (χ0) is 15.3. The summed E-state index contributed by atoms with van der Waals surface area (Å²) in [5.41, 5.74) is 0.530. The fourth-order valence-corrected chi connectivity index (χ4v) is 7.36. The fourth-order valence-electron chi connectivity index (χ4n) is 7.36. The van der Waals surface area contributed by atoms with E-state index >= 15 is 0 Å². The number of hydrogen-bond acceptors (Lipinski definition) is 3. The Balaban J connectivity index is 1.50. The molecular formula is C20H35N3. The van der Waals surface area contributed by atoms with Crippen molar-refractivity contribution in [2.75, 3.05) is 26.2 Å². The molecule has 5 fully saturated rings. The summed E-state index contributed by atoms with van der Waals surface area (Å²) in [6.07, 6.45) is 14.6. The smallest absolute Gasteiger partial charge is 0.0179 e. The van der Waals surface area contributed by atoms with Crippen molar-refractivity contribution in [2.45, 2.75) is 82.3 Å². The third-order valence-electron chi connectivity index (χ3n) is 8.16. The van der Waals surface area contributed by atoms with Crippen LogP contribution in [0.4, 0.5) is 0 Å². The molecule has 1 aliphatic carbocycles. The number of piperidine rings is 4. The van der Waals surface area contributed by atoms with Crippen LogP contribution >= 0.6 is 0 Å². The summed E-state index contributed by atoms with van der Waals surface area (Å²) in [6, 6.07) is 2.51. The molecule has 0 aromatic heterocycles. The largest absolute Gasteiger partial charge is 0.313 e. The molecule has 0 radical (unpaired) electrons. The van der Waals surface area contributed by atoms with Gasteiger partial charge in [-0.15, -0.1) is 0 Å². The molecule has 0 amide bonds. The van der Waals surface area contributed by atoms with Gasteiger partial charge in [0.2, 0.25) is 0 Å². The van der Waals surface area contributed by atoms with Gasteiger partial charge in [-0.2, -0.15) is 0 Å². The van der Waals surface area contributed by atoms with Crippen LogP contribution in [-0.2, 0) is 0 Å². The lowest BCUT2D eigenvalue weighted by Crippen LogP contribution is -2.72. The van der Waals surface area contributed by atoms with E-state index in [1.165, 1.54) is 90.4 Å². The van der Waals surface area contributed by atoms with Gasteiger partial charge in [0, 0.05) is 30.1 Å². The summed E-state index contributed by atoms with van der Waals surface area (Å²) >= 11 is 0. The van der Waals surface area contributed by atoms with Gasteiger partial charge in [0.1, 0.15) is 0 Å². The zero-order valence-electron chi connectivity index (χ0n) is 14.7. The van der Waals surface area contributed by atoms with E-state index in [0.29, 0.717) is 5.41 Å². The topological polar surface area (TPSA) is 27.3 Å². The second kappa shape index (κ2) is 6.00. The van der Waals surface area contributed by atoms with Crippen molar-refractivity contribution >= 4 is 0 Å². The van der Waals surface area contributed by atoms with Gasteiger partial charge in [-0.25, -0.2) is 0 Å². The molecule has 5 rings (SSSR count). The summed E-state index contributed by atoms with van der Waals surface area (Å²) in [4.78, 5) is 2.94. The number of fused-ring (bicyclic) bond motifs is 6. The molecule has 4 aliphatic heterocycles. The van der Waals surface area contributed by atoms with E-state index in [0.717, 1.165) is 30.0 Å². The van der Waals surface area contributed by atoms with Crippen LogP contribution in [0.25, 0.3) is 0 Å². The lowest BCUT2D eigenvalue weighted by Gasteiger charge is -2.64. The Morgan fingerprint density at radius 2 is 1.74 bits per heavy atom. The van der Waals surface area contributed by atoms with E-state index in [1.54, 1.807) is 0 Å². The van der Waals surface area contributed by atoms with Gasteiger partial charge in [-0.1, -0.05) is 12.8 Å². The van der Waals surface area contributed by atoms with Gasteiger partial charge in [0.05, 0.1) is 0 Å². The monoisotopic (exact) mass is 317 g/mol. The van der Waals surface area contributed by atoms with Crippen LogP contribution in [-0.4, -0.2) is 49.2 Å². The minimum absolute atomic E-state index is 0.530. The molecule has 1 saturated carbocycles. The van der Waals surface area contributed by atoms with Crippen molar-refractivity contribution in [1.82, 2.24) is 15.5 Å². The van der Waals surface area contributed by atoms with E-state index in [9.17, 15) is 0 Å². The number of nitrogens with one attached hydrogen (secondary N) is 2. The molecule has 23 heavy (non-hydrogen) atoms. The molecule has 130 valence electrons. The Bertz CT molecular complexity index is 431. The van der Waals surface area contributed by atoms with Gasteiger partial charge in [0.25, 0.3) is 0 Å². The van der Waals surface area contributed by atoms with Crippen molar-refractivity contribution in [3.05, 3.63) is 0 Å². The average molecular weight is 318 g/mol. The van der Waals surface area contributed by atoms with Crippen molar-refractivity contribution in [3.8, 4) is 0 Å². The van der Waals surface area contributed by atoms with Gasteiger partial charge in [-0.05, 0) is 82.8 Å². The Labute approximate surface area is 142 Å². The normalized spacial score (nSPS) is 50.9. The highest BCUT2D eigenvalue weighted by Gasteiger charge is 2.58. The summed E-state index contributed by atoms with van der Waals surface area (Å²) < 4.78 is 0. The van der Waals surface area contributed by atoms with E-state index in [-0.39, 0.29) is 0 Å². The van der Waals surface area contributed by atoms with Crippen molar-refractivity contribution in [3.63, 3.8) is 0 Å². The molecule has 2 bridgehead atoms. The van der Waals surface area contributed by atoms with Crippen LogP contribution in [0.5, 0.6) is 0 Å². The van der Waals surface area contributed by atoms with Crippen molar-refractivity contribution in [1.29, 1.82) is 0 Å². The average Bonchev–Trinajstić information content (AvgIpc) is 2.63. The molecule has 1 unspecified atom stereocenters. The van der Waals surface area contributed by atoms with Crippen LogP contribution in [0.2, 0.25) is 0 Å². The Kier molecular flexibility index (Phi) is 3.95. The Morgan fingerprint density at radius 1 is 0.826 bits per heavy atom. The van der Waals surface area contributed by atoms with E-state index < -0.39 is 0 Å². The first kappa shape index (κ1) is 15.2. The highest BCUT2D eigenvalue weighted by molar-refractivity contribution is 5.14. The predicted molar refractivity (Wildman–Crippen MR) is 94.5 cm³/mol. The van der Waals surface area contributed by atoms with E-state index in [2.05, 4.69) is 15.5 Å². The number of nitrogens with zero attached hydrogens (tertiary/aromatic N) is 1. The SMILES string of the molecule is C1CCC([C@@]23C[C@@H](C[C@H]4CCCN[C@H]42)[C@H]2CCCCN2C3)NC1. The van der Waals surface area contributed by atoms with Gasteiger partial charge in [0.15, 0.2) is 0 Å². The van der Waals surface area contributed by atoms with E-state index in [1.807, 2.05) is 0 Å². The first-order valence-electron chi connectivity index (χ1n) is 10.6. The first-order valence-corrected chi connectivity index (χ1v) is 10.6. The molecule has 2 N–H and O–H groups in total. The van der Waals surface area contributed by atoms with Crippen molar-refractivity contribution < 1.29 is 0 Å². The van der Waals surface area contributed by atoms with Crippen LogP contribution in [0.15, 0.2) is 0 Å². The second-order valence-electron chi connectivity index (χ2n) is 9.30. The molecule has 3 heteroatoms.